The van der Waals surface area contributed by atoms with Gasteiger partial charge in [0.2, 0.25) is 0 Å². The van der Waals surface area contributed by atoms with Crippen molar-refractivity contribution in [1.82, 2.24) is 9.55 Å². The number of halogens is 2. The minimum absolute atomic E-state index is 0.0905. The minimum atomic E-state index is -0.940. The fourth-order valence-corrected chi connectivity index (χ4v) is 2.63. The highest BCUT2D eigenvalue weighted by Gasteiger charge is 2.13. The summed E-state index contributed by atoms with van der Waals surface area (Å²) in [6, 6.07) is 7.93. The van der Waals surface area contributed by atoms with Crippen LogP contribution in [0.4, 0.5) is 8.78 Å². The van der Waals surface area contributed by atoms with E-state index >= 15 is 0 Å². The standard InChI is InChI=1S/C18H18F2N2O2/c1-11-3-4-18(12(2)5-11)24-9-13(23)8-22-10-21-16-6-14(19)15(20)7-17(16)22/h3-7,10,13,23H,8-9H2,1-2H3. The van der Waals surface area contributed by atoms with Crippen LogP contribution in [0.3, 0.4) is 0 Å². The normalized spacial score (nSPS) is 12.5. The van der Waals surface area contributed by atoms with Crippen LogP contribution in [0.25, 0.3) is 11.0 Å². The Hall–Kier alpha value is -2.47. The highest BCUT2D eigenvalue weighted by Crippen LogP contribution is 2.20. The van der Waals surface area contributed by atoms with Gasteiger partial charge in [-0.2, -0.15) is 0 Å². The number of aliphatic hydroxyl groups is 1. The van der Waals surface area contributed by atoms with Crippen LogP contribution in [0, 0.1) is 25.5 Å². The van der Waals surface area contributed by atoms with Crippen molar-refractivity contribution in [3.63, 3.8) is 0 Å². The predicted octanol–water partition coefficient (Wildman–Crippen LogP) is 3.37. The Morgan fingerprint density at radius 1 is 1.17 bits per heavy atom. The van der Waals surface area contributed by atoms with Crippen LogP contribution in [-0.4, -0.2) is 27.4 Å². The molecule has 4 nitrogen and oxygen atoms in total. The lowest BCUT2D eigenvalue weighted by atomic mass is 10.1. The molecule has 0 spiro atoms. The fraction of sp³-hybridized carbons (Fsp3) is 0.278. The van der Waals surface area contributed by atoms with E-state index in [0.29, 0.717) is 16.8 Å². The number of hydrogen-bond donors (Lipinski definition) is 1. The molecule has 0 radical (unpaired) electrons. The van der Waals surface area contributed by atoms with Gasteiger partial charge in [-0.1, -0.05) is 17.7 Å². The van der Waals surface area contributed by atoms with Crippen molar-refractivity contribution < 1.29 is 18.6 Å². The molecule has 2 aromatic carbocycles. The summed E-state index contributed by atoms with van der Waals surface area (Å²) in [6.07, 6.45) is 0.639. The second-order valence-electron chi connectivity index (χ2n) is 5.89. The number of aromatic nitrogens is 2. The molecule has 1 N–H and O–H groups in total. The number of hydrogen-bond acceptors (Lipinski definition) is 3. The Kier molecular flexibility index (Phi) is 4.49. The molecular formula is C18H18F2N2O2. The summed E-state index contributed by atoms with van der Waals surface area (Å²) in [4.78, 5) is 4.02. The molecule has 6 heteroatoms. The number of imidazole rings is 1. The number of fused-ring (bicyclic) bond motifs is 1. The first-order valence-electron chi connectivity index (χ1n) is 7.62. The third-order valence-electron chi connectivity index (χ3n) is 3.83. The van der Waals surface area contributed by atoms with Gasteiger partial charge < -0.3 is 14.4 Å². The molecule has 0 fully saturated rings. The molecule has 1 heterocycles. The van der Waals surface area contributed by atoms with E-state index in [1.54, 1.807) is 4.57 Å². The molecule has 1 atom stereocenters. The topological polar surface area (TPSA) is 47.3 Å². The van der Waals surface area contributed by atoms with Crippen LogP contribution in [0.5, 0.6) is 5.75 Å². The van der Waals surface area contributed by atoms with E-state index in [1.165, 1.54) is 6.33 Å². The van der Waals surface area contributed by atoms with E-state index < -0.39 is 17.7 Å². The summed E-state index contributed by atoms with van der Waals surface area (Å²) in [7, 11) is 0. The maximum Gasteiger partial charge on any atom is 0.161 e. The Bertz CT molecular complexity index is 877. The lowest BCUT2D eigenvalue weighted by Gasteiger charge is -2.15. The van der Waals surface area contributed by atoms with Crippen LogP contribution in [-0.2, 0) is 6.54 Å². The van der Waals surface area contributed by atoms with Crippen molar-refractivity contribution in [3.05, 3.63) is 59.4 Å². The Labute approximate surface area is 138 Å². The molecule has 0 bridgehead atoms. The second-order valence-corrected chi connectivity index (χ2v) is 5.89. The first-order valence-corrected chi connectivity index (χ1v) is 7.62. The van der Waals surface area contributed by atoms with Crippen molar-refractivity contribution in [3.8, 4) is 5.75 Å². The molecule has 0 aliphatic heterocycles. The minimum Gasteiger partial charge on any atom is -0.491 e. The highest BCUT2D eigenvalue weighted by molar-refractivity contribution is 5.75. The molecule has 0 aliphatic rings. The highest BCUT2D eigenvalue weighted by atomic mass is 19.2. The van der Waals surface area contributed by atoms with Gasteiger partial charge in [-0.15, -0.1) is 0 Å². The van der Waals surface area contributed by atoms with E-state index in [0.717, 1.165) is 23.3 Å². The Balaban J connectivity index is 1.69. The first-order chi connectivity index (χ1) is 11.4. The monoisotopic (exact) mass is 332 g/mol. The van der Waals surface area contributed by atoms with Crippen LogP contribution < -0.4 is 4.74 Å². The summed E-state index contributed by atoms with van der Waals surface area (Å²) >= 11 is 0. The van der Waals surface area contributed by atoms with Gasteiger partial charge in [0.25, 0.3) is 0 Å². The van der Waals surface area contributed by atoms with Gasteiger partial charge in [-0.25, -0.2) is 13.8 Å². The second kappa shape index (κ2) is 6.57. The van der Waals surface area contributed by atoms with E-state index in [-0.39, 0.29) is 13.2 Å². The zero-order valence-corrected chi connectivity index (χ0v) is 13.5. The lowest BCUT2D eigenvalue weighted by molar-refractivity contribution is 0.0931. The molecule has 3 aromatic rings. The fourth-order valence-electron chi connectivity index (χ4n) is 2.63. The first kappa shape index (κ1) is 16.4. The van der Waals surface area contributed by atoms with Crippen molar-refractivity contribution in [2.75, 3.05) is 6.61 Å². The van der Waals surface area contributed by atoms with E-state index in [9.17, 15) is 13.9 Å². The number of aliphatic hydroxyl groups excluding tert-OH is 1. The van der Waals surface area contributed by atoms with Crippen LogP contribution >= 0.6 is 0 Å². The summed E-state index contributed by atoms with van der Waals surface area (Å²) in [5, 5.41) is 10.2. The van der Waals surface area contributed by atoms with Gasteiger partial charge in [0, 0.05) is 12.1 Å². The van der Waals surface area contributed by atoms with Gasteiger partial charge in [0.05, 0.1) is 23.9 Å². The van der Waals surface area contributed by atoms with Gasteiger partial charge in [-0.05, 0) is 25.5 Å². The van der Waals surface area contributed by atoms with Gasteiger partial charge in [0.1, 0.15) is 18.5 Å². The van der Waals surface area contributed by atoms with Crippen LogP contribution in [0.1, 0.15) is 11.1 Å². The van der Waals surface area contributed by atoms with E-state index in [4.69, 9.17) is 4.74 Å². The molecule has 1 aromatic heterocycles. The zero-order valence-electron chi connectivity index (χ0n) is 13.5. The van der Waals surface area contributed by atoms with Crippen LogP contribution in [0.15, 0.2) is 36.7 Å². The summed E-state index contributed by atoms with van der Waals surface area (Å²) < 4.78 is 33.8. The Morgan fingerprint density at radius 2 is 1.92 bits per heavy atom. The zero-order chi connectivity index (χ0) is 17.3. The third kappa shape index (κ3) is 3.38. The van der Waals surface area contributed by atoms with Crippen molar-refractivity contribution >= 4 is 11.0 Å². The SMILES string of the molecule is Cc1ccc(OCC(O)Cn2cnc3cc(F)c(F)cc32)c(C)c1. The van der Waals surface area contributed by atoms with E-state index in [2.05, 4.69) is 4.98 Å². The maximum absolute atomic E-state index is 13.4. The molecular weight excluding hydrogens is 314 g/mol. The average molecular weight is 332 g/mol. The molecule has 24 heavy (non-hydrogen) atoms. The maximum atomic E-state index is 13.4. The largest absolute Gasteiger partial charge is 0.491 e. The quantitative estimate of drug-likeness (QED) is 0.779. The number of nitrogens with zero attached hydrogens (tertiary/aromatic N) is 2. The lowest BCUT2D eigenvalue weighted by Crippen LogP contribution is -2.23. The third-order valence-corrected chi connectivity index (χ3v) is 3.83. The molecule has 3 rings (SSSR count). The molecule has 126 valence electrons. The number of rotatable bonds is 5. The van der Waals surface area contributed by atoms with Gasteiger partial charge in [-0.3, -0.25) is 0 Å². The Morgan fingerprint density at radius 3 is 2.67 bits per heavy atom. The van der Waals surface area contributed by atoms with Gasteiger partial charge in [0.15, 0.2) is 11.6 Å². The summed E-state index contributed by atoms with van der Waals surface area (Å²) in [6.45, 7) is 4.20. The van der Waals surface area contributed by atoms with Crippen LogP contribution in [0.2, 0.25) is 0 Å². The number of aryl methyl sites for hydroxylation is 2. The molecule has 0 saturated heterocycles. The number of ether oxygens (including phenoxy) is 1. The van der Waals surface area contributed by atoms with Gasteiger partial charge >= 0.3 is 0 Å². The average Bonchev–Trinajstić information content (AvgIpc) is 2.89. The van der Waals surface area contributed by atoms with Crippen molar-refractivity contribution in [2.24, 2.45) is 0 Å². The summed E-state index contributed by atoms with van der Waals surface area (Å²) in [5.74, 6) is -1.17. The molecule has 1 unspecified atom stereocenters. The molecule has 0 aliphatic carbocycles. The predicted molar refractivity (Wildman–Crippen MR) is 87.1 cm³/mol. The number of benzene rings is 2. The van der Waals surface area contributed by atoms with Crippen molar-refractivity contribution in [1.29, 1.82) is 0 Å². The molecule has 0 saturated carbocycles. The van der Waals surface area contributed by atoms with Crippen molar-refractivity contribution in [2.45, 2.75) is 26.5 Å². The van der Waals surface area contributed by atoms with E-state index in [1.807, 2.05) is 32.0 Å². The molecule has 0 amide bonds. The summed E-state index contributed by atoms with van der Waals surface area (Å²) in [5.41, 5.74) is 2.91. The smallest absolute Gasteiger partial charge is 0.161 e.